The third-order valence-electron chi connectivity index (χ3n) is 4.14. The predicted octanol–water partition coefficient (Wildman–Crippen LogP) is 4.19. The smallest absolute Gasteiger partial charge is 0.195 e. The van der Waals surface area contributed by atoms with Crippen LogP contribution in [0.25, 0.3) is 22.5 Å². The van der Waals surface area contributed by atoms with E-state index in [4.69, 9.17) is 8.83 Å². The molecule has 6 heteroatoms. The Bertz CT molecular complexity index is 923. The van der Waals surface area contributed by atoms with Crippen LogP contribution in [0.3, 0.4) is 0 Å². The van der Waals surface area contributed by atoms with E-state index in [0.717, 1.165) is 34.0 Å². The van der Waals surface area contributed by atoms with Gasteiger partial charge in [-0.15, -0.1) is 0 Å². The maximum absolute atomic E-state index is 5.80. The van der Waals surface area contributed by atoms with Crippen LogP contribution in [0.15, 0.2) is 57.9 Å². The maximum atomic E-state index is 5.80. The van der Waals surface area contributed by atoms with Crippen LogP contribution in [-0.2, 0) is 12.8 Å². The molecule has 0 amide bonds. The van der Waals surface area contributed by atoms with Crippen LogP contribution in [-0.4, -0.2) is 19.9 Å². The molecule has 6 nitrogen and oxygen atoms in total. The van der Waals surface area contributed by atoms with Gasteiger partial charge in [0, 0.05) is 48.8 Å². The van der Waals surface area contributed by atoms with Crippen LogP contribution in [0.4, 0.5) is 0 Å². The molecule has 0 spiro atoms. The van der Waals surface area contributed by atoms with E-state index in [1.54, 1.807) is 24.8 Å². The van der Waals surface area contributed by atoms with Crippen LogP contribution in [0.2, 0.25) is 0 Å². The van der Waals surface area contributed by atoms with Crippen molar-refractivity contribution in [2.24, 2.45) is 0 Å². The monoisotopic (exact) mass is 346 g/mol. The molecule has 4 aromatic heterocycles. The topological polar surface area (TPSA) is 77.8 Å². The highest BCUT2D eigenvalue weighted by atomic mass is 16.4. The van der Waals surface area contributed by atoms with Crippen molar-refractivity contribution in [1.29, 1.82) is 0 Å². The summed E-state index contributed by atoms with van der Waals surface area (Å²) in [4.78, 5) is 17.3. The van der Waals surface area contributed by atoms with Gasteiger partial charge in [0.25, 0.3) is 0 Å². The molecule has 0 aliphatic heterocycles. The fraction of sp³-hybridized carbons (Fsp3) is 0.200. The van der Waals surface area contributed by atoms with Gasteiger partial charge < -0.3 is 8.83 Å². The molecule has 0 atom stereocenters. The highest BCUT2D eigenvalue weighted by Gasteiger charge is 2.15. The first kappa shape index (κ1) is 16.2. The molecule has 130 valence electrons. The SMILES string of the molecule is Cc1oc(CCc2nc(-c3ccncc3)c(C)o2)nc1-c1ccncc1. The molecule has 0 bridgehead atoms. The molecule has 0 aliphatic rings. The molecule has 0 fully saturated rings. The first-order valence-electron chi connectivity index (χ1n) is 8.44. The second kappa shape index (κ2) is 6.92. The second-order valence-corrected chi connectivity index (χ2v) is 6.00. The third-order valence-corrected chi connectivity index (χ3v) is 4.14. The fourth-order valence-electron chi connectivity index (χ4n) is 2.89. The number of rotatable bonds is 5. The lowest BCUT2D eigenvalue weighted by Gasteiger charge is -1.94. The van der Waals surface area contributed by atoms with Gasteiger partial charge >= 0.3 is 0 Å². The quantitative estimate of drug-likeness (QED) is 0.539. The molecule has 0 aliphatic carbocycles. The Morgan fingerprint density at radius 1 is 0.654 bits per heavy atom. The summed E-state index contributed by atoms with van der Waals surface area (Å²) in [6.07, 6.45) is 8.25. The van der Waals surface area contributed by atoms with Gasteiger partial charge in [0.2, 0.25) is 0 Å². The molecule has 4 aromatic rings. The van der Waals surface area contributed by atoms with Crippen LogP contribution < -0.4 is 0 Å². The van der Waals surface area contributed by atoms with Crippen molar-refractivity contribution in [1.82, 2.24) is 19.9 Å². The van der Waals surface area contributed by atoms with E-state index >= 15 is 0 Å². The zero-order valence-corrected chi connectivity index (χ0v) is 14.6. The molecule has 0 aromatic carbocycles. The number of nitrogens with zero attached hydrogens (tertiary/aromatic N) is 4. The molecule has 4 rings (SSSR count). The van der Waals surface area contributed by atoms with Crippen LogP contribution in [0.1, 0.15) is 23.3 Å². The van der Waals surface area contributed by atoms with E-state index < -0.39 is 0 Å². The Hall–Kier alpha value is -3.28. The number of aryl methyl sites for hydroxylation is 4. The highest BCUT2D eigenvalue weighted by Crippen LogP contribution is 2.25. The summed E-state index contributed by atoms with van der Waals surface area (Å²) in [5.41, 5.74) is 3.70. The Morgan fingerprint density at radius 2 is 1.04 bits per heavy atom. The maximum Gasteiger partial charge on any atom is 0.195 e. The van der Waals surface area contributed by atoms with Gasteiger partial charge in [-0.25, -0.2) is 9.97 Å². The van der Waals surface area contributed by atoms with E-state index in [9.17, 15) is 0 Å². The fourth-order valence-corrected chi connectivity index (χ4v) is 2.89. The average molecular weight is 346 g/mol. The van der Waals surface area contributed by atoms with Crippen LogP contribution in [0.5, 0.6) is 0 Å². The Morgan fingerprint density at radius 3 is 1.42 bits per heavy atom. The zero-order chi connectivity index (χ0) is 17.9. The van der Waals surface area contributed by atoms with Crippen molar-refractivity contribution in [3.05, 3.63) is 72.4 Å². The average Bonchev–Trinajstić information content (AvgIpc) is 3.24. The number of oxazole rings is 2. The van der Waals surface area contributed by atoms with Crippen LogP contribution >= 0.6 is 0 Å². The van der Waals surface area contributed by atoms with Gasteiger partial charge in [0.15, 0.2) is 11.8 Å². The summed E-state index contributed by atoms with van der Waals surface area (Å²) in [7, 11) is 0. The number of pyridine rings is 2. The Labute approximate surface area is 151 Å². The van der Waals surface area contributed by atoms with Crippen molar-refractivity contribution in [3.63, 3.8) is 0 Å². The summed E-state index contributed by atoms with van der Waals surface area (Å²) in [6.45, 7) is 3.84. The summed E-state index contributed by atoms with van der Waals surface area (Å²) >= 11 is 0. The molecule has 0 saturated carbocycles. The van der Waals surface area contributed by atoms with Crippen molar-refractivity contribution in [2.45, 2.75) is 26.7 Å². The second-order valence-electron chi connectivity index (χ2n) is 6.00. The minimum atomic E-state index is 0.627. The van der Waals surface area contributed by atoms with Crippen molar-refractivity contribution < 1.29 is 8.83 Å². The number of hydrogen-bond donors (Lipinski definition) is 0. The number of aromatic nitrogens is 4. The van der Waals surface area contributed by atoms with Gasteiger partial charge in [-0.3, -0.25) is 9.97 Å². The Kier molecular flexibility index (Phi) is 4.31. The largest absolute Gasteiger partial charge is 0.445 e. The molecule has 0 unspecified atom stereocenters. The summed E-state index contributed by atoms with van der Waals surface area (Å²) in [5, 5.41) is 0. The van der Waals surface area contributed by atoms with E-state index in [0.29, 0.717) is 24.6 Å². The first-order chi connectivity index (χ1) is 12.7. The lowest BCUT2D eigenvalue weighted by atomic mass is 10.2. The van der Waals surface area contributed by atoms with Gasteiger partial charge in [-0.1, -0.05) is 0 Å². The molecule has 0 radical (unpaired) electrons. The third kappa shape index (κ3) is 3.26. The molecular weight excluding hydrogens is 328 g/mol. The zero-order valence-electron chi connectivity index (χ0n) is 14.6. The van der Waals surface area contributed by atoms with Gasteiger partial charge in [-0.2, -0.15) is 0 Å². The lowest BCUT2D eigenvalue weighted by Crippen LogP contribution is -1.92. The lowest BCUT2D eigenvalue weighted by molar-refractivity contribution is 0.437. The summed E-state index contributed by atoms with van der Waals surface area (Å²) in [6, 6.07) is 7.69. The minimum Gasteiger partial charge on any atom is -0.445 e. The number of hydrogen-bond acceptors (Lipinski definition) is 6. The molecule has 26 heavy (non-hydrogen) atoms. The standard InChI is InChI=1S/C20H18N4O2/c1-13-19(15-5-9-21-10-6-15)23-17(25-13)3-4-18-24-20(14(2)26-18)16-7-11-22-12-8-16/h5-12H,3-4H2,1-2H3. The minimum absolute atomic E-state index is 0.627. The summed E-state index contributed by atoms with van der Waals surface area (Å²) < 4.78 is 11.6. The molecule has 0 N–H and O–H groups in total. The highest BCUT2D eigenvalue weighted by molar-refractivity contribution is 5.61. The molecule has 0 saturated heterocycles. The Balaban J connectivity index is 1.50. The van der Waals surface area contributed by atoms with Crippen molar-refractivity contribution in [2.75, 3.05) is 0 Å². The van der Waals surface area contributed by atoms with Crippen molar-refractivity contribution >= 4 is 0 Å². The molecule has 4 heterocycles. The van der Waals surface area contributed by atoms with E-state index in [2.05, 4.69) is 19.9 Å². The van der Waals surface area contributed by atoms with Gasteiger partial charge in [0.05, 0.1) is 0 Å². The summed E-state index contributed by atoms with van der Waals surface area (Å²) in [5.74, 6) is 2.95. The predicted molar refractivity (Wildman–Crippen MR) is 96.4 cm³/mol. The van der Waals surface area contributed by atoms with Crippen LogP contribution in [0, 0.1) is 13.8 Å². The van der Waals surface area contributed by atoms with Gasteiger partial charge in [0.1, 0.15) is 22.9 Å². The molecular formula is C20H18N4O2. The van der Waals surface area contributed by atoms with Crippen molar-refractivity contribution in [3.8, 4) is 22.5 Å². The van der Waals surface area contributed by atoms with E-state index in [1.165, 1.54) is 0 Å². The van der Waals surface area contributed by atoms with E-state index in [1.807, 2.05) is 38.1 Å². The first-order valence-corrected chi connectivity index (χ1v) is 8.44. The van der Waals surface area contributed by atoms with Gasteiger partial charge in [-0.05, 0) is 38.1 Å². The van der Waals surface area contributed by atoms with E-state index in [-0.39, 0.29) is 0 Å². The normalized spacial score (nSPS) is 11.0.